The Morgan fingerprint density at radius 1 is 1.35 bits per heavy atom. The van der Waals surface area contributed by atoms with Crippen LogP contribution in [-0.2, 0) is 10.0 Å². The van der Waals surface area contributed by atoms with Crippen molar-refractivity contribution in [2.45, 2.75) is 11.4 Å². The van der Waals surface area contributed by atoms with Crippen LogP contribution >= 0.6 is 23.1 Å². The van der Waals surface area contributed by atoms with Gasteiger partial charge in [-0.05, 0) is 12.2 Å². The zero-order valence-electron chi connectivity index (χ0n) is 11.1. The van der Waals surface area contributed by atoms with Gasteiger partial charge in [0.25, 0.3) is 10.0 Å². The average Bonchev–Trinajstić information content (AvgIpc) is 2.87. The minimum Gasteiger partial charge on any atom is -0.371 e. The normalized spacial score (nSPS) is 18.2. The Hall–Kier alpha value is -0.770. The third-order valence-corrected chi connectivity index (χ3v) is 6.95. The number of sulfonamides is 1. The molecule has 3 rings (SSSR count). The molecule has 0 unspecified atom stereocenters. The van der Waals surface area contributed by atoms with Crippen molar-refractivity contribution in [3.8, 4) is 0 Å². The number of thiazole rings is 1. The van der Waals surface area contributed by atoms with Crippen LogP contribution < -0.4 is 5.32 Å². The Balaban J connectivity index is 2.09. The number of fused-ring (bicyclic) bond motifs is 1. The zero-order chi connectivity index (χ0) is 14.2. The van der Waals surface area contributed by atoms with E-state index < -0.39 is 10.0 Å². The van der Waals surface area contributed by atoms with Gasteiger partial charge in [0.05, 0.1) is 0 Å². The van der Waals surface area contributed by atoms with Gasteiger partial charge in [-0.3, -0.25) is 4.40 Å². The molecule has 110 valence electrons. The quantitative estimate of drug-likeness (QED) is 0.924. The van der Waals surface area contributed by atoms with E-state index >= 15 is 0 Å². The molecule has 0 amide bonds. The highest BCUT2D eigenvalue weighted by atomic mass is 32.2. The Morgan fingerprint density at radius 3 is 3.00 bits per heavy atom. The Bertz CT molecular complexity index is 698. The van der Waals surface area contributed by atoms with Gasteiger partial charge in [-0.25, -0.2) is 13.4 Å². The van der Waals surface area contributed by atoms with E-state index in [0.29, 0.717) is 23.9 Å². The molecule has 1 aliphatic heterocycles. The molecule has 0 atom stereocenters. The van der Waals surface area contributed by atoms with E-state index in [0.717, 1.165) is 17.9 Å². The molecule has 0 bridgehead atoms. The van der Waals surface area contributed by atoms with Gasteiger partial charge < -0.3 is 5.32 Å². The molecule has 1 saturated heterocycles. The van der Waals surface area contributed by atoms with Crippen molar-refractivity contribution >= 4 is 43.9 Å². The highest BCUT2D eigenvalue weighted by Gasteiger charge is 2.32. The van der Waals surface area contributed by atoms with Gasteiger partial charge in [-0.1, -0.05) is 0 Å². The maximum Gasteiger partial charge on any atom is 0.262 e. The van der Waals surface area contributed by atoms with Gasteiger partial charge in [0.15, 0.2) is 15.8 Å². The topological polar surface area (TPSA) is 66.7 Å². The van der Waals surface area contributed by atoms with Crippen LogP contribution in [0.25, 0.3) is 4.96 Å². The maximum absolute atomic E-state index is 12.9. The minimum atomic E-state index is -3.52. The molecule has 6 nitrogen and oxygen atoms in total. The van der Waals surface area contributed by atoms with Gasteiger partial charge in [0, 0.05) is 37.5 Å². The summed E-state index contributed by atoms with van der Waals surface area (Å²) in [6, 6.07) is 0. The fourth-order valence-electron chi connectivity index (χ4n) is 2.26. The lowest BCUT2D eigenvalue weighted by Gasteiger charge is -2.19. The summed E-state index contributed by atoms with van der Waals surface area (Å²) in [6.45, 7) is 1.14. The SMILES string of the molecule is CNc1nc2sccn2c1S(=O)(=O)N1CCCSCC1. The maximum atomic E-state index is 12.9. The van der Waals surface area contributed by atoms with Crippen LogP contribution in [-0.4, -0.2) is 53.8 Å². The lowest BCUT2D eigenvalue weighted by atomic mass is 10.5. The van der Waals surface area contributed by atoms with Crippen LogP contribution in [0, 0.1) is 0 Å². The molecule has 0 radical (unpaired) electrons. The summed E-state index contributed by atoms with van der Waals surface area (Å²) >= 11 is 3.24. The lowest BCUT2D eigenvalue weighted by Crippen LogP contribution is -2.34. The highest BCUT2D eigenvalue weighted by molar-refractivity contribution is 7.99. The predicted octanol–water partition coefficient (Wildman–Crippen LogP) is 1.57. The van der Waals surface area contributed by atoms with E-state index in [9.17, 15) is 8.42 Å². The first-order valence-corrected chi connectivity index (χ1v) is 9.83. The first-order valence-electron chi connectivity index (χ1n) is 6.36. The second kappa shape index (κ2) is 5.55. The Morgan fingerprint density at radius 2 is 2.20 bits per heavy atom. The fraction of sp³-hybridized carbons (Fsp3) is 0.545. The van der Waals surface area contributed by atoms with E-state index in [4.69, 9.17) is 0 Å². The Labute approximate surface area is 126 Å². The lowest BCUT2D eigenvalue weighted by molar-refractivity contribution is 0.432. The van der Waals surface area contributed by atoms with Gasteiger partial charge >= 0.3 is 0 Å². The molecule has 1 fully saturated rings. The molecule has 1 N–H and O–H groups in total. The van der Waals surface area contributed by atoms with Crippen LogP contribution in [0.5, 0.6) is 0 Å². The second-order valence-corrected chi connectivity index (χ2v) is 8.39. The smallest absolute Gasteiger partial charge is 0.262 e. The molecule has 3 heterocycles. The zero-order valence-corrected chi connectivity index (χ0v) is 13.5. The van der Waals surface area contributed by atoms with E-state index in [-0.39, 0.29) is 5.03 Å². The summed E-state index contributed by atoms with van der Waals surface area (Å²) in [5.74, 6) is 2.29. The summed E-state index contributed by atoms with van der Waals surface area (Å²) < 4.78 is 29.1. The number of rotatable bonds is 3. The second-order valence-electron chi connectivity index (χ2n) is 4.44. The van der Waals surface area contributed by atoms with Gasteiger partial charge in [0.1, 0.15) is 0 Å². The summed E-state index contributed by atoms with van der Waals surface area (Å²) in [6.07, 6.45) is 2.65. The van der Waals surface area contributed by atoms with Crippen LogP contribution in [0.3, 0.4) is 0 Å². The molecule has 1 aliphatic rings. The summed E-state index contributed by atoms with van der Waals surface area (Å²) in [5.41, 5.74) is 0. The molecular weight excluding hydrogens is 316 g/mol. The highest BCUT2D eigenvalue weighted by Crippen LogP contribution is 2.29. The number of anilines is 1. The number of imidazole rings is 1. The van der Waals surface area contributed by atoms with E-state index in [1.807, 2.05) is 5.38 Å². The first kappa shape index (κ1) is 14.2. The van der Waals surface area contributed by atoms with Crippen molar-refractivity contribution < 1.29 is 8.42 Å². The van der Waals surface area contributed by atoms with Crippen molar-refractivity contribution in [1.29, 1.82) is 0 Å². The van der Waals surface area contributed by atoms with Crippen molar-refractivity contribution in [2.24, 2.45) is 0 Å². The van der Waals surface area contributed by atoms with Crippen molar-refractivity contribution in [1.82, 2.24) is 13.7 Å². The molecular formula is C11H16N4O2S3. The number of hydrogen-bond acceptors (Lipinski definition) is 6. The van der Waals surface area contributed by atoms with Crippen molar-refractivity contribution in [3.05, 3.63) is 11.6 Å². The van der Waals surface area contributed by atoms with Crippen LogP contribution in [0.2, 0.25) is 0 Å². The number of aromatic nitrogens is 2. The summed E-state index contributed by atoms with van der Waals surface area (Å²) in [7, 11) is -1.82. The number of nitrogens with zero attached hydrogens (tertiary/aromatic N) is 3. The summed E-state index contributed by atoms with van der Waals surface area (Å²) in [4.78, 5) is 5.03. The predicted molar refractivity (Wildman–Crippen MR) is 83.3 cm³/mol. The van der Waals surface area contributed by atoms with E-state index in [2.05, 4.69) is 10.3 Å². The van der Waals surface area contributed by atoms with Crippen molar-refractivity contribution in [2.75, 3.05) is 37.0 Å². The van der Waals surface area contributed by atoms with E-state index in [1.165, 1.54) is 11.3 Å². The molecule has 0 spiro atoms. The van der Waals surface area contributed by atoms with Crippen LogP contribution in [0.15, 0.2) is 16.6 Å². The van der Waals surface area contributed by atoms with Crippen LogP contribution in [0.4, 0.5) is 5.82 Å². The number of hydrogen-bond donors (Lipinski definition) is 1. The molecule has 0 aliphatic carbocycles. The molecule has 0 aromatic carbocycles. The minimum absolute atomic E-state index is 0.253. The average molecular weight is 332 g/mol. The van der Waals surface area contributed by atoms with Crippen molar-refractivity contribution in [3.63, 3.8) is 0 Å². The molecule has 9 heteroatoms. The molecule has 2 aromatic heterocycles. The largest absolute Gasteiger partial charge is 0.371 e. The molecule has 2 aromatic rings. The fourth-order valence-corrected chi connectivity index (χ4v) is 5.77. The van der Waals surface area contributed by atoms with Gasteiger partial charge in [-0.2, -0.15) is 16.1 Å². The third-order valence-electron chi connectivity index (χ3n) is 3.22. The van der Waals surface area contributed by atoms with Gasteiger partial charge in [0.2, 0.25) is 0 Å². The monoisotopic (exact) mass is 332 g/mol. The standard InChI is InChI=1S/C11H16N4O2S3/c1-12-9-10(15-5-8-19-11(15)13-9)20(16,17)14-3-2-6-18-7-4-14/h5,8,12H,2-4,6-7H2,1H3. The van der Waals surface area contributed by atoms with E-state index in [1.54, 1.807) is 33.7 Å². The van der Waals surface area contributed by atoms with Gasteiger partial charge in [-0.15, -0.1) is 11.3 Å². The number of nitrogens with one attached hydrogen (secondary N) is 1. The number of thioether (sulfide) groups is 1. The van der Waals surface area contributed by atoms with Crippen LogP contribution in [0.1, 0.15) is 6.42 Å². The first-order chi connectivity index (χ1) is 9.64. The summed E-state index contributed by atoms with van der Waals surface area (Å²) in [5, 5.41) is 4.99. The molecule has 20 heavy (non-hydrogen) atoms. The Kier molecular flexibility index (Phi) is 3.93. The molecule has 0 saturated carbocycles. The third kappa shape index (κ3) is 2.32.